The standard InChI is InChI=1S/C19H21N5O2S/c1-13(25)23-9-7-14(11-23)18-22-21-17-5-4-15(12-24(17)18)19(26)20-8-6-16-3-2-10-27-16/h2-5,10,12,14H,6-9,11H2,1H3,(H,20,26)/t14-/m0/s1. The smallest absolute Gasteiger partial charge is 0.252 e. The average molecular weight is 383 g/mol. The van der Waals surface area contributed by atoms with E-state index in [4.69, 9.17) is 0 Å². The summed E-state index contributed by atoms with van der Waals surface area (Å²) >= 11 is 1.69. The Labute approximate surface area is 161 Å². The van der Waals surface area contributed by atoms with Gasteiger partial charge < -0.3 is 10.2 Å². The molecule has 0 spiro atoms. The van der Waals surface area contributed by atoms with Crippen LogP contribution in [0.25, 0.3) is 5.65 Å². The molecule has 8 heteroatoms. The quantitative estimate of drug-likeness (QED) is 0.732. The molecule has 1 aliphatic heterocycles. The lowest BCUT2D eigenvalue weighted by Crippen LogP contribution is -2.26. The molecular weight excluding hydrogens is 362 g/mol. The predicted octanol–water partition coefficient (Wildman–Crippen LogP) is 2.10. The van der Waals surface area contributed by atoms with Gasteiger partial charge in [-0.15, -0.1) is 21.5 Å². The monoisotopic (exact) mass is 383 g/mol. The molecule has 7 nitrogen and oxygen atoms in total. The van der Waals surface area contributed by atoms with E-state index in [1.165, 1.54) is 4.88 Å². The Morgan fingerprint density at radius 1 is 1.30 bits per heavy atom. The number of thiophene rings is 1. The Morgan fingerprint density at radius 3 is 2.93 bits per heavy atom. The van der Waals surface area contributed by atoms with Crippen LogP contribution < -0.4 is 5.32 Å². The summed E-state index contributed by atoms with van der Waals surface area (Å²) < 4.78 is 1.88. The van der Waals surface area contributed by atoms with Gasteiger partial charge in [0.25, 0.3) is 5.91 Å². The van der Waals surface area contributed by atoms with E-state index in [0.29, 0.717) is 24.3 Å². The Hall–Kier alpha value is -2.74. The number of likely N-dealkylation sites (tertiary alicyclic amines) is 1. The van der Waals surface area contributed by atoms with E-state index in [-0.39, 0.29) is 17.7 Å². The van der Waals surface area contributed by atoms with Crippen LogP contribution in [0.2, 0.25) is 0 Å². The summed E-state index contributed by atoms with van der Waals surface area (Å²) in [6.45, 7) is 3.57. The first-order chi connectivity index (χ1) is 13.1. The van der Waals surface area contributed by atoms with Crippen molar-refractivity contribution in [2.45, 2.75) is 25.7 Å². The molecule has 0 bridgehead atoms. The van der Waals surface area contributed by atoms with E-state index in [2.05, 4.69) is 21.6 Å². The molecule has 1 saturated heterocycles. The number of nitrogens with zero attached hydrogens (tertiary/aromatic N) is 4. The second kappa shape index (κ2) is 7.48. The van der Waals surface area contributed by atoms with Gasteiger partial charge in [0.15, 0.2) is 5.65 Å². The molecule has 1 fully saturated rings. The summed E-state index contributed by atoms with van der Waals surface area (Å²) in [7, 11) is 0. The van der Waals surface area contributed by atoms with E-state index in [9.17, 15) is 9.59 Å². The van der Waals surface area contributed by atoms with Crippen molar-refractivity contribution in [3.8, 4) is 0 Å². The van der Waals surface area contributed by atoms with Crippen LogP contribution >= 0.6 is 11.3 Å². The summed E-state index contributed by atoms with van der Waals surface area (Å²) in [5, 5.41) is 13.5. The summed E-state index contributed by atoms with van der Waals surface area (Å²) in [6, 6.07) is 7.66. The topological polar surface area (TPSA) is 79.6 Å². The second-order valence-electron chi connectivity index (χ2n) is 6.74. The Balaban J connectivity index is 1.48. The highest BCUT2D eigenvalue weighted by atomic mass is 32.1. The molecule has 0 aliphatic carbocycles. The number of fused-ring (bicyclic) bond motifs is 1. The largest absolute Gasteiger partial charge is 0.352 e. The lowest BCUT2D eigenvalue weighted by molar-refractivity contribution is -0.127. The fourth-order valence-corrected chi connectivity index (χ4v) is 4.14. The summed E-state index contributed by atoms with van der Waals surface area (Å²) in [4.78, 5) is 27.2. The van der Waals surface area contributed by atoms with Crippen LogP contribution in [-0.2, 0) is 11.2 Å². The summed E-state index contributed by atoms with van der Waals surface area (Å²) in [6.07, 6.45) is 3.48. The molecule has 1 aliphatic rings. The Bertz CT molecular complexity index is 966. The van der Waals surface area contributed by atoms with Crippen molar-refractivity contribution in [2.75, 3.05) is 19.6 Å². The highest BCUT2D eigenvalue weighted by Gasteiger charge is 2.29. The molecule has 1 atom stereocenters. The maximum Gasteiger partial charge on any atom is 0.252 e. The number of nitrogens with one attached hydrogen (secondary N) is 1. The summed E-state index contributed by atoms with van der Waals surface area (Å²) in [5.41, 5.74) is 1.29. The molecule has 27 heavy (non-hydrogen) atoms. The van der Waals surface area contributed by atoms with Gasteiger partial charge in [-0.3, -0.25) is 14.0 Å². The molecule has 1 N–H and O–H groups in total. The van der Waals surface area contributed by atoms with Crippen molar-refractivity contribution in [1.29, 1.82) is 0 Å². The third kappa shape index (κ3) is 3.71. The van der Waals surface area contributed by atoms with E-state index >= 15 is 0 Å². The van der Waals surface area contributed by atoms with Gasteiger partial charge in [-0.25, -0.2) is 0 Å². The van der Waals surface area contributed by atoms with Crippen molar-refractivity contribution < 1.29 is 9.59 Å². The first kappa shape index (κ1) is 17.7. The molecule has 0 radical (unpaired) electrons. The van der Waals surface area contributed by atoms with Crippen LogP contribution in [0.5, 0.6) is 0 Å². The SMILES string of the molecule is CC(=O)N1CC[C@H](c2nnc3ccc(C(=O)NCCc4cccs4)cn23)C1. The number of hydrogen-bond acceptors (Lipinski definition) is 5. The second-order valence-corrected chi connectivity index (χ2v) is 7.77. The number of pyridine rings is 1. The van der Waals surface area contributed by atoms with Gasteiger partial charge in [0.05, 0.1) is 5.56 Å². The fraction of sp³-hybridized carbons (Fsp3) is 0.368. The maximum absolute atomic E-state index is 12.5. The molecule has 140 valence electrons. The van der Waals surface area contributed by atoms with Gasteiger partial charge in [-0.1, -0.05) is 6.07 Å². The molecule has 3 aromatic rings. The molecule has 0 saturated carbocycles. The predicted molar refractivity (Wildman–Crippen MR) is 103 cm³/mol. The minimum atomic E-state index is -0.107. The van der Waals surface area contributed by atoms with Gasteiger partial charge in [0.1, 0.15) is 5.82 Å². The van der Waals surface area contributed by atoms with Gasteiger partial charge in [-0.2, -0.15) is 0 Å². The molecule has 0 unspecified atom stereocenters. The molecular formula is C19H21N5O2S. The number of carbonyl (C=O) groups excluding carboxylic acids is 2. The van der Waals surface area contributed by atoms with Crippen molar-refractivity contribution in [3.05, 3.63) is 52.1 Å². The van der Waals surface area contributed by atoms with Crippen molar-refractivity contribution in [3.63, 3.8) is 0 Å². The Morgan fingerprint density at radius 2 is 2.19 bits per heavy atom. The minimum absolute atomic E-state index is 0.0807. The van der Waals surface area contributed by atoms with E-state index in [1.54, 1.807) is 30.5 Å². The molecule has 4 heterocycles. The minimum Gasteiger partial charge on any atom is -0.352 e. The van der Waals surface area contributed by atoms with Crippen LogP contribution in [0.1, 0.15) is 40.3 Å². The Kier molecular flexibility index (Phi) is 4.89. The molecule has 2 amide bonds. The molecule has 3 aromatic heterocycles. The highest BCUT2D eigenvalue weighted by molar-refractivity contribution is 7.09. The van der Waals surface area contributed by atoms with Crippen LogP contribution in [0, 0.1) is 0 Å². The lowest BCUT2D eigenvalue weighted by atomic mass is 10.1. The number of amides is 2. The van der Waals surface area contributed by atoms with E-state index in [1.807, 2.05) is 26.8 Å². The number of hydrogen-bond donors (Lipinski definition) is 1. The molecule has 4 rings (SSSR count). The zero-order valence-corrected chi connectivity index (χ0v) is 15.9. The summed E-state index contributed by atoms with van der Waals surface area (Å²) in [5.74, 6) is 0.921. The first-order valence-corrected chi connectivity index (χ1v) is 9.90. The third-order valence-corrected chi connectivity index (χ3v) is 5.86. The van der Waals surface area contributed by atoms with E-state index in [0.717, 1.165) is 25.2 Å². The van der Waals surface area contributed by atoms with Gasteiger partial charge in [-0.05, 0) is 36.4 Å². The van der Waals surface area contributed by atoms with Gasteiger partial charge >= 0.3 is 0 Å². The van der Waals surface area contributed by atoms with Gasteiger partial charge in [0.2, 0.25) is 5.91 Å². The fourth-order valence-electron chi connectivity index (χ4n) is 3.43. The number of carbonyl (C=O) groups is 2. The lowest BCUT2D eigenvalue weighted by Gasteiger charge is -2.13. The highest BCUT2D eigenvalue weighted by Crippen LogP contribution is 2.26. The van der Waals surface area contributed by atoms with Crippen molar-refractivity contribution >= 4 is 28.8 Å². The van der Waals surface area contributed by atoms with Crippen molar-refractivity contribution in [2.24, 2.45) is 0 Å². The van der Waals surface area contributed by atoms with E-state index < -0.39 is 0 Å². The number of rotatable bonds is 5. The van der Waals surface area contributed by atoms with Crippen molar-refractivity contribution in [1.82, 2.24) is 24.8 Å². The zero-order chi connectivity index (χ0) is 18.8. The zero-order valence-electron chi connectivity index (χ0n) is 15.1. The first-order valence-electron chi connectivity index (χ1n) is 9.02. The molecule has 0 aromatic carbocycles. The van der Waals surface area contributed by atoms with Crippen LogP contribution in [0.3, 0.4) is 0 Å². The van der Waals surface area contributed by atoms with Gasteiger partial charge in [0, 0.05) is 43.5 Å². The van der Waals surface area contributed by atoms with Crippen LogP contribution in [0.15, 0.2) is 35.8 Å². The van der Waals surface area contributed by atoms with Crippen LogP contribution in [0.4, 0.5) is 0 Å². The average Bonchev–Trinajstić information content (AvgIpc) is 3.40. The normalized spacial score (nSPS) is 16.8. The third-order valence-electron chi connectivity index (χ3n) is 4.93. The number of aromatic nitrogens is 3. The maximum atomic E-state index is 12.5. The van der Waals surface area contributed by atoms with Crippen LogP contribution in [-0.4, -0.2) is 50.9 Å².